The number of nitrogens with one attached hydrogen (secondary N) is 1. The molecule has 1 N–H and O–H groups in total. The summed E-state index contributed by atoms with van der Waals surface area (Å²) >= 11 is 0. The molecule has 1 aromatic carbocycles. The topological polar surface area (TPSA) is 67.9 Å². The molecule has 0 spiro atoms. The summed E-state index contributed by atoms with van der Waals surface area (Å²) in [5.74, 6) is 6.58. The highest BCUT2D eigenvalue weighted by Gasteiger charge is 2.33. The third-order valence-electron chi connectivity index (χ3n) is 3.90. The molecule has 0 bridgehead atoms. The van der Waals surface area contributed by atoms with Crippen molar-refractivity contribution in [2.24, 2.45) is 0 Å². The minimum Gasteiger partial charge on any atom is -0.471 e. The fourth-order valence-electron chi connectivity index (χ4n) is 2.75. The summed E-state index contributed by atoms with van der Waals surface area (Å²) in [6, 6.07) is 7.59. The third kappa shape index (κ3) is 2.63. The second-order valence-electron chi connectivity index (χ2n) is 6.46. The number of aromatic amines is 1. The number of carbonyl (C=O) groups is 1. The second-order valence-corrected chi connectivity index (χ2v) is 6.46. The summed E-state index contributed by atoms with van der Waals surface area (Å²) in [6.45, 7) is 3.77. The van der Waals surface area contributed by atoms with E-state index in [-0.39, 0.29) is 5.78 Å². The summed E-state index contributed by atoms with van der Waals surface area (Å²) in [4.78, 5) is 16.5. The van der Waals surface area contributed by atoms with E-state index in [1.807, 2.05) is 32.0 Å². The molecule has 0 saturated carbocycles. The van der Waals surface area contributed by atoms with Gasteiger partial charge in [0, 0.05) is 22.7 Å². The molecule has 118 valence electrons. The van der Waals surface area contributed by atoms with E-state index in [4.69, 9.17) is 4.74 Å². The van der Waals surface area contributed by atoms with Crippen molar-refractivity contribution in [2.75, 3.05) is 0 Å². The molecular weight excluding hydrogens is 302 g/mol. The summed E-state index contributed by atoms with van der Waals surface area (Å²) in [5, 5.41) is 7.91. The van der Waals surface area contributed by atoms with Gasteiger partial charge in [0.25, 0.3) is 0 Å². The van der Waals surface area contributed by atoms with Crippen LogP contribution >= 0.6 is 0 Å². The number of hydrogen-bond donors (Lipinski definition) is 1. The van der Waals surface area contributed by atoms with Gasteiger partial charge in [0.2, 0.25) is 5.88 Å². The number of H-pyrrole nitrogens is 1. The normalized spacial score (nSPS) is 15.3. The predicted molar refractivity (Wildman–Crippen MR) is 90.0 cm³/mol. The van der Waals surface area contributed by atoms with Crippen LogP contribution in [0.15, 0.2) is 36.7 Å². The van der Waals surface area contributed by atoms with Crippen LogP contribution in [0.4, 0.5) is 0 Å². The van der Waals surface area contributed by atoms with E-state index in [0.717, 1.165) is 16.5 Å². The number of pyridine rings is 1. The molecule has 0 atom stereocenters. The fraction of sp³-hybridized carbons (Fsp3) is 0.211. The lowest BCUT2D eigenvalue weighted by molar-refractivity contribution is 0.0590. The highest BCUT2D eigenvalue weighted by atomic mass is 16.5. The molecule has 0 radical (unpaired) electrons. The Morgan fingerprint density at radius 2 is 2.00 bits per heavy atom. The Hall–Kier alpha value is -3.13. The molecule has 1 aliphatic heterocycles. The van der Waals surface area contributed by atoms with Crippen molar-refractivity contribution in [1.29, 1.82) is 0 Å². The van der Waals surface area contributed by atoms with Crippen LogP contribution in [0.3, 0.4) is 0 Å². The molecule has 0 saturated heterocycles. The Balaban J connectivity index is 1.67. The van der Waals surface area contributed by atoms with Gasteiger partial charge in [-0.2, -0.15) is 5.10 Å². The number of carbonyl (C=O) groups excluding carboxylic acids is 1. The van der Waals surface area contributed by atoms with E-state index in [9.17, 15) is 4.79 Å². The number of nitrogens with zero attached hydrogens (tertiary/aromatic N) is 2. The maximum absolute atomic E-state index is 12.3. The van der Waals surface area contributed by atoms with Crippen molar-refractivity contribution < 1.29 is 9.53 Å². The first-order chi connectivity index (χ1) is 11.5. The molecule has 3 heterocycles. The van der Waals surface area contributed by atoms with Crippen LogP contribution in [0.25, 0.3) is 10.9 Å². The highest BCUT2D eigenvalue weighted by molar-refractivity contribution is 6.00. The number of Topliss-reactive ketones (excluding diaryl/α,β-unsaturated/α-hetero) is 1. The average Bonchev–Trinajstić information content (AvgIpc) is 3.00. The van der Waals surface area contributed by atoms with Gasteiger partial charge in [-0.1, -0.05) is 11.8 Å². The zero-order valence-corrected chi connectivity index (χ0v) is 13.4. The molecule has 24 heavy (non-hydrogen) atoms. The average molecular weight is 317 g/mol. The summed E-state index contributed by atoms with van der Waals surface area (Å²) in [5.41, 5.74) is 2.54. The van der Waals surface area contributed by atoms with Gasteiger partial charge in [-0.15, -0.1) is 0 Å². The molecule has 3 aromatic rings. The Bertz CT molecular complexity index is 1020. The lowest BCUT2D eigenvalue weighted by Gasteiger charge is -2.30. The molecule has 1 aliphatic rings. The molecule has 2 aromatic heterocycles. The zero-order chi connectivity index (χ0) is 16.7. The van der Waals surface area contributed by atoms with Crippen LogP contribution in [-0.4, -0.2) is 26.6 Å². The number of ketones is 1. The van der Waals surface area contributed by atoms with Crippen molar-refractivity contribution in [3.8, 4) is 17.7 Å². The van der Waals surface area contributed by atoms with Crippen molar-refractivity contribution in [1.82, 2.24) is 15.2 Å². The molecule has 5 heteroatoms. The number of hydrogen-bond acceptors (Lipinski definition) is 4. The Morgan fingerprint density at radius 3 is 2.88 bits per heavy atom. The first-order valence-corrected chi connectivity index (χ1v) is 7.68. The largest absolute Gasteiger partial charge is 0.471 e. The van der Waals surface area contributed by atoms with E-state index >= 15 is 0 Å². The van der Waals surface area contributed by atoms with Crippen LogP contribution < -0.4 is 4.74 Å². The van der Waals surface area contributed by atoms with Gasteiger partial charge in [0.1, 0.15) is 5.60 Å². The van der Waals surface area contributed by atoms with Crippen molar-refractivity contribution >= 4 is 16.7 Å². The Morgan fingerprint density at radius 1 is 1.17 bits per heavy atom. The minimum absolute atomic E-state index is 0.0391. The van der Waals surface area contributed by atoms with E-state index < -0.39 is 5.60 Å². The van der Waals surface area contributed by atoms with Crippen molar-refractivity contribution in [3.63, 3.8) is 0 Å². The second kappa shape index (κ2) is 5.20. The number of benzene rings is 1. The number of aromatic nitrogens is 3. The Kier molecular flexibility index (Phi) is 3.14. The van der Waals surface area contributed by atoms with Crippen LogP contribution in [0, 0.1) is 11.8 Å². The maximum Gasteiger partial charge on any atom is 0.224 e. The molecule has 4 rings (SSSR count). The lowest BCUT2D eigenvalue weighted by atomic mass is 9.94. The van der Waals surface area contributed by atoms with Crippen molar-refractivity contribution in [3.05, 3.63) is 53.3 Å². The van der Waals surface area contributed by atoms with Crippen LogP contribution in [-0.2, 0) is 0 Å². The molecule has 0 unspecified atom stereocenters. The lowest BCUT2D eigenvalue weighted by Crippen LogP contribution is -2.36. The van der Waals surface area contributed by atoms with E-state index in [1.54, 1.807) is 18.5 Å². The van der Waals surface area contributed by atoms with Crippen LogP contribution in [0.1, 0.15) is 41.8 Å². The molecule has 0 aliphatic carbocycles. The van der Waals surface area contributed by atoms with E-state index in [1.165, 1.54) is 0 Å². The first kappa shape index (κ1) is 14.5. The smallest absolute Gasteiger partial charge is 0.224 e. The first-order valence-electron chi connectivity index (χ1n) is 7.68. The van der Waals surface area contributed by atoms with Gasteiger partial charge in [0.15, 0.2) is 5.78 Å². The monoisotopic (exact) mass is 317 g/mol. The number of fused-ring (bicyclic) bond motifs is 2. The molecule has 5 nitrogen and oxygen atoms in total. The van der Waals surface area contributed by atoms with Crippen LogP contribution in [0.5, 0.6) is 5.88 Å². The predicted octanol–water partition coefficient (Wildman–Crippen LogP) is 3.10. The van der Waals surface area contributed by atoms with Crippen LogP contribution in [0.2, 0.25) is 0 Å². The van der Waals surface area contributed by atoms with Gasteiger partial charge >= 0.3 is 0 Å². The van der Waals surface area contributed by atoms with Gasteiger partial charge in [-0.05, 0) is 38.1 Å². The fourth-order valence-corrected chi connectivity index (χ4v) is 2.75. The van der Waals surface area contributed by atoms with Gasteiger partial charge in [-0.25, -0.2) is 4.98 Å². The number of ether oxygens (including phenoxy) is 1. The van der Waals surface area contributed by atoms with E-state index in [2.05, 4.69) is 27.0 Å². The Labute approximate surface area is 139 Å². The van der Waals surface area contributed by atoms with Crippen molar-refractivity contribution in [2.45, 2.75) is 25.9 Å². The summed E-state index contributed by atoms with van der Waals surface area (Å²) in [7, 11) is 0. The minimum atomic E-state index is -0.510. The zero-order valence-electron chi connectivity index (χ0n) is 13.4. The van der Waals surface area contributed by atoms with Gasteiger partial charge in [0.05, 0.1) is 23.7 Å². The number of rotatable bonds is 0. The SMILES string of the molecule is CC1(C)CC(=O)c2cc(C#Cc3ccc4[nH]ncc4c3)cnc2O1. The van der Waals surface area contributed by atoms with Gasteiger partial charge < -0.3 is 4.74 Å². The summed E-state index contributed by atoms with van der Waals surface area (Å²) in [6.07, 6.45) is 3.74. The maximum atomic E-state index is 12.3. The molecule has 0 fully saturated rings. The quantitative estimate of drug-likeness (QED) is 0.647. The molecule has 0 amide bonds. The van der Waals surface area contributed by atoms with Gasteiger partial charge in [-0.3, -0.25) is 9.89 Å². The standard InChI is InChI=1S/C19H15N3O2/c1-19(2)9-17(23)15-8-13(10-20-18(15)24-19)4-3-12-5-6-16-14(7-12)11-21-22-16/h5-8,10-11H,9H2,1-2H3,(H,21,22). The van der Waals surface area contributed by atoms with E-state index in [0.29, 0.717) is 23.4 Å². The summed E-state index contributed by atoms with van der Waals surface area (Å²) < 4.78 is 5.76. The highest BCUT2D eigenvalue weighted by Crippen LogP contribution is 2.31. The molecular formula is C19H15N3O2. The third-order valence-corrected chi connectivity index (χ3v) is 3.90.